The number of carbonyl (C=O) groups is 1. The van der Waals surface area contributed by atoms with Gasteiger partial charge in [-0.3, -0.25) is 0 Å². The van der Waals surface area contributed by atoms with Crippen molar-refractivity contribution in [3.8, 4) is 11.5 Å². The summed E-state index contributed by atoms with van der Waals surface area (Å²) in [5, 5.41) is 12.0. The van der Waals surface area contributed by atoms with Gasteiger partial charge in [-0.25, -0.2) is 4.79 Å². The van der Waals surface area contributed by atoms with E-state index in [1.54, 1.807) is 17.0 Å². The van der Waals surface area contributed by atoms with E-state index in [4.69, 9.17) is 37.4 Å². The molecule has 180 valence electrons. The molecule has 0 aromatic heterocycles. The molecule has 0 radical (unpaired) electrons. The van der Waals surface area contributed by atoms with Crippen LogP contribution in [-0.2, 0) is 10.3 Å². The van der Waals surface area contributed by atoms with Crippen molar-refractivity contribution in [2.75, 3.05) is 26.3 Å². The van der Waals surface area contributed by atoms with Gasteiger partial charge >= 0.3 is 6.09 Å². The number of aliphatic hydroxyl groups is 1. The quantitative estimate of drug-likeness (QED) is 0.499. The maximum atomic E-state index is 12.3. The largest absolute Gasteiger partial charge is 0.490 e. The Bertz CT molecular complexity index is 941. The van der Waals surface area contributed by atoms with Crippen molar-refractivity contribution >= 4 is 29.3 Å². The molecular formula is C25H31Cl2NO5. The molecular weight excluding hydrogens is 465 g/mol. The zero-order valence-electron chi connectivity index (χ0n) is 19.5. The third-order valence-electron chi connectivity index (χ3n) is 5.38. The van der Waals surface area contributed by atoms with Gasteiger partial charge in [0.05, 0.1) is 15.6 Å². The third kappa shape index (κ3) is 6.92. The highest BCUT2D eigenvalue weighted by molar-refractivity contribution is 6.37. The fourth-order valence-electron chi connectivity index (χ4n) is 3.66. The number of halogens is 2. The molecule has 1 fully saturated rings. The lowest BCUT2D eigenvalue weighted by Gasteiger charge is -2.39. The summed E-state index contributed by atoms with van der Waals surface area (Å²) in [4.78, 5) is 13.9. The van der Waals surface area contributed by atoms with Crippen LogP contribution in [0.25, 0.3) is 0 Å². The zero-order valence-corrected chi connectivity index (χ0v) is 21.0. The van der Waals surface area contributed by atoms with Crippen molar-refractivity contribution in [1.29, 1.82) is 0 Å². The maximum Gasteiger partial charge on any atom is 0.410 e. The second-order valence-electron chi connectivity index (χ2n) is 9.28. The number of hydrogen-bond donors (Lipinski definition) is 1. The molecule has 0 bridgehead atoms. The van der Waals surface area contributed by atoms with Gasteiger partial charge in [0.1, 0.15) is 24.6 Å². The van der Waals surface area contributed by atoms with Gasteiger partial charge in [-0.05, 0) is 75.9 Å². The van der Waals surface area contributed by atoms with Crippen LogP contribution >= 0.6 is 23.2 Å². The van der Waals surface area contributed by atoms with E-state index < -0.39 is 11.2 Å². The van der Waals surface area contributed by atoms with Gasteiger partial charge in [0, 0.05) is 13.1 Å². The number of carbonyl (C=O) groups excluding carboxylic acids is 1. The number of ether oxygens (including phenoxy) is 3. The van der Waals surface area contributed by atoms with Crippen LogP contribution in [0, 0.1) is 6.92 Å². The van der Waals surface area contributed by atoms with Gasteiger partial charge in [-0.1, -0.05) is 35.3 Å². The number of aryl methyl sites for hydroxylation is 1. The van der Waals surface area contributed by atoms with Crippen LogP contribution in [0.15, 0.2) is 36.4 Å². The molecule has 2 aromatic carbocycles. The first kappa shape index (κ1) is 25.5. The normalized spacial score (nSPS) is 15.8. The first-order valence-electron chi connectivity index (χ1n) is 11.0. The van der Waals surface area contributed by atoms with E-state index >= 15 is 0 Å². The topological polar surface area (TPSA) is 68.2 Å². The lowest BCUT2D eigenvalue weighted by Crippen LogP contribution is -2.46. The average molecular weight is 496 g/mol. The van der Waals surface area contributed by atoms with Crippen molar-refractivity contribution in [1.82, 2.24) is 4.90 Å². The molecule has 1 aliphatic rings. The van der Waals surface area contributed by atoms with Crippen LogP contribution < -0.4 is 9.47 Å². The molecule has 1 amide bonds. The molecule has 0 unspecified atom stereocenters. The van der Waals surface area contributed by atoms with Crippen LogP contribution in [0.2, 0.25) is 10.0 Å². The highest BCUT2D eigenvalue weighted by Crippen LogP contribution is 2.35. The van der Waals surface area contributed by atoms with Gasteiger partial charge in [-0.2, -0.15) is 0 Å². The molecule has 0 atom stereocenters. The monoisotopic (exact) mass is 495 g/mol. The Balaban J connectivity index is 1.49. The van der Waals surface area contributed by atoms with E-state index in [9.17, 15) is 9.90 Å². The highest BCUT2D eigenvalue weighted by atomic mass is 35.5. The number of hydrogen-bond acceptors (Lipinski definition) is 5. The lowest BCUT2D eigenvalue weighted by molar-refractivity contribution is -0.0356. The van der Waals surface area contributed by atoms with Crippen LogP contribution in [0.4, 0.5) is 4.79 Å². The standard InChI is InChI=1S/C25H31Cl2NO5/c1-17-15-20(26)22(21(27)16-17)32-14-13-31-19-7-5-18(6-8-19)25(30)9-11-28(12-10-25)23(29)33-24(2,3)4/h5-8,15-16,30H,9-14H2,1-4H3. The number of benzene rings is 2. The van der Waals surface area contributed by atoms with E-state index in [2.05, 4.69) is 0 Å². The van der Waals surface area contributed by atoms with E-state index in [0.717, 1.165) is 11.1 Å². The van der Waals surface area contributed by atoms with Gasteiger partial charge in [-0.15, -0.1) is 0 Å². The minimum atomic E-state index is -0.987. The molecule has 1 aliphatic heterocycles. The van der Waals surface area contributed by atoms with Crippen LogP contribution in [0.1, 0.15) is 44.7 Å². The maximum absolute atomic E-state index is 12.3. The minimum Gasteiger partial charge on any atom is -0.490 e. The Morgan fingerprint density at radius 1 is 1.03 bits per heavy atom. The number of likely N-dealkylation sites (tertiary alicyclic amines) is 1. The predicted octanol–water partition coefficient (Wildman–Crippen LogP) is 5.98. The minimum absolute atomic E-state index is 0.286. The fraction of sp³-hybridized carbons (Fsp3) is 0.480. The van der Waals surface area contributed by atoms with Crippen molar-refractivity contribution < 1.29 is 24.1 Å². The summed E-state index contributed by atoms with van der Waals surface area (Å²) >= 11 is 12.4. The fourth-order valence-corrected chi connectivity index (χ4v) is 4.37. The Kier molecular flexibility index (Phi) is 8.04. The molecule has 1 heterocycles. The first-order valence-corrected chi connectivity index (χ1v) is 11.7. The number of amides is 1. The van der Waals surface area contributed by atoms with Crippen molar-refractivity contribution in [2.45, 2.75) is 51.7 Å². The lowest BCUT2D eigenvalue weighted by atomic mass is 9.84. The summed E-state index contributed by atoms with van der Waals surface area (Å²) in [5.41, 5.74) is 0.239. The summed E-state index contributed by atoms with van der Waals surface area (Å²) in [7, 11) is 0. The average Bonchev–Trinajstić information content (AvgIpc) is 2.72. The smallest absolute Gasteiger partial charge is 0.410 e. The number of piperidine rings is 1. The summed E-state index contributed by atoms with van der Waals surface area (Å²) < 4.78 is 16.8. The van der Waals surface area contributed by atoms with Crippen LogP contribution in [-0.4, -0.2) is 48.0 Å². The Labute approximate surface area is 205 Å². The third-order valence-corrected chi connectivity index (χ3v) is 5.94. The molecule has 8 heteroatoms. The molecule has 0 spiro atoms. The molecule has 1 N–H and O–H groups in total. The van der Waals surface area contributed by atoms with Crippen molar-refractivity contribution in [2.24, 2.45) is 0 Å². The van der Waals surface area contributed by atoms with E-state index in [0.29, 0.717) is 54.1 Å². The van der Waals surface area contributed by atoms with E-state index in [1.165, 1.54) is 0 Å². The summed E-state index contributed by atoms with van der Waals surface area (Å²) in [6.07, 6.45) is 0.542. The molecule has 33 heavy (non-hydrogen) atoms. The second-order valence-corrected chi connectivity index (χ2v) is 10.1. The van der Waals surface area contributed by atoms with Crippen molar-refractivity contribution in [3.05, 3.63) is 57.6 Å². The molecule has 6 nitrogen and oxygen atoms in total. The van der Waals surface area contributed by atoms with Crippen LogP contribution in [0.5, 0.6) is 11.5 Å². The Morgan fingerprint density at radius 2 is 1.58 bits per heavy atom. The predicted molar refractivity (Wildman–Crippen MR) is 130 cm³/mol. The number of rotatable bonds is 6. The first-order chi connectivity index (χ1) is 15.5. The summed E-state index contributed by atoms with van der Waals surface area (Å²) in [6.45, 7) is 8.91. The van der Waals surface area contributed by atoms with Gasteiger partial charge < -0.3 is 24.2 Å². The van der Waals surface area contributed by atoms with Crippen LogP contribution in [0.3, 0.4) is 0 Å². The second kappa shape index (κ2) is 10.4. The molecule has 2 aromatic rings. The van der Waals surface area contributed by atoms with Gasteiger partial charge in [0.25, 0.3) is 0 Å². The summed E-state index contributed by atoms with van der Waals surface area (Å²) in [5.74, 6) is 1.11. The highest BCUT2D eigenvalue weighted by Gasteiger charge is 2.36. The van der Waals surface area contributed by atoms with Gasteiger partial charge in [0.2, 0.25) is 0 Å². The number of nitrogens with zero attached hydrogens (tertiary/aromatic N) is 1. The van der Waals surface area contributed by atoms with E-state index in [-0.39, 0.29) is 12.7 Å². The molecule has 1 saturated heterocycles. The SMILES string of the molecule is Cc1cc(Cl)c(OCCOc2ccc(C3(O)CCN(C(=O)OC(C)(C)C)CC3)cc2)c(Cl)c1. The molecule has 3 rings (SSSR count). The summed E-state index contributed by atoms with van der Waals surface area (Å²) in [6, 6.07) is 10.9. The molecule has 0 aliphatic carbocycles. The van der Waals surface area contributed by atoms with Gasteiger partial charge in [0.15, 0.2) is 5.75 Å². The Hall–Kier alpha value is -2.15. The Morgan fingerprint density at radius 3 is 2.12 bits per heavy atom. The van der Waals surface area contributed by atoms with Crippen molar-refractivity contribution in [3.63, 3.8) is 0 Å². The van der Waals surface area contributed by atoms with E-state index in [1.807, 2.05) is 52.0 Å². The zero-order chi connectivity index (χ0) is 24.2. The molecule has 0 saturated carbocycles.